The van der Waals surface area contributed by atoms with E-state index < -0.39 is 6.04 Å². The monoisotopic (exact) mass is 446 g/mol. The second-order valence-corrected chi connectivity index (χ2v) is 8.51. The quantitative estimate of drug-likeness (QED) is 0.486. The van der Waals surface area contributed by atoms with Crippen molar-refractivity contribution < 1.29 is 14.3 Å². The number of carbonyl (C=O) groups is 2. The smallest absolute Gasteiger partial charge is 0.255 e. The molecule has 0 aromatic heterocycles. The van der Waals surface area contributed by atoms with Crippen molar-refractivity contribution in [2.75, 3.05) is 29.2 Å². The van der Waals surface area contributed by atoms with Gasteiger partial charge in [-0.25, -0.2) is 0 Å². The maximum absolute atomic E-state index is 13.8. The van der Waals surface area contributed by atoms with E-state index in [0.29, 0.717) is 12.3 Å². The van der Waals surface area contributed by atoms with Crippen LogP contribution in [0.4, 0.5) is 11.4 Å². The van der Waals surface area contributed by atoms with Crippen LogP contribution in [-0.4, -0.2) is 31.2 Å². The fourth-order valence-corrected chi connectivity index (χ4v) is 4.28. The molecule has 6 heteroatoms. The van der Waals surface area contributed by atoms with Crippen LogP contribution in [0.25, 0.3) is 0 Å². The third kappa shape index (κ3) is 4.36. The van der Waals surface area contributed by atoms with E-state index >= 15 is 0 Å². The van der Waals surface area contributed by atoms with Crippen LogP contribution in [0.2, 0.25) is 0 Å². The van der Waals surface area contributed by atoms with Crippen LogP contribution in [-0.2, 0) is 9.59 Å². The zero-order chi connectivity index (χ0) is 22.7. The van der Waals surface area contributed by atoms with Gasteiger partial charge in [0.1, 0.15) is 18.3 Å². The zero-order valence-electron chi connectivity index (χ0n) is 18.4. The molecule has 1 fully saturated rings. The first kappa shape index (κ1) is 22.0. The number of hydrogen-bond donors (Lipinski definition) is 0. The lowest BCUT2D eigenvalue weighted by Crippen LogP contribution is -2.56. The Bertz CT molecular complexity index is 1100. The molecule has 0 N–H and O–H groups in total. The minimum absolute atomic E-state index is 0.00546. The van der Waals surface area contributed by atoms with Gasteiger partial charge in [-0.15, -0.1) is 11.8 Å². The Morgan fingerprint density at radius 2 is 1.53 bits per heavy atom. The first-order chi connectivity index (χ1) is 15.5. The highest BCUT2D eigenvalue weighted by Crippen LogP contribution is 2.35. The number of thioether (sulfide) groups is 1. The normalized spacial score (nSPS) is 16.4. The van der Waals surface area contributed by atoms with Crippen LogP contribution >= 0.6 is 11.8 Å². The lowest BCUT2D eigenvalue weighted by molar-refractivity contribution is -0.128. The van der Waals surface area contributed by atoms with Crippen LogP contribution in [0.15, 0.2) is 77.7 Å². The molecule has 3 aromatic carbocycles. The second-order valence-electron chi connectivity index (χ2n) is 7.63. The highest BCUT2D eigenvalue weighted by Gasteiger charge is 2.41. The van der Waals surface area contributed by atoms with Crippen molar-refractivity contribution in [1.82, 2.24) is 0 Å². The van der Waals surface area contributed by atoms with Gasteiger partial charge in [-0.1, -0.05) is 29.8 Å². The molecule has 1 atom stereocenters. The van der Waals surface area contributed by atoms with E-state index in [1.165, 1.54) is 0 Å². The molecule has 164 valence electrons. The Morgan fingerprint density at radius 1 is 0.906 bits per heavy atom. The van der Waals surface area contributed by atoms with E-state index in [-0.39, 0.29) is 18.4 Å². The summed E-state index contributed by atoms with van der Waals surface area (Å²) >= 11 is 1.64. The van der Waals surface area contributed by atoms with Crippen molar-refractivity contribution in [3.8, 4) is 5.75 Å². The number of amides is 2. The highest BCUT2D eigenvalue weighted by atomic mass is 32.2. The van der Waals surface area contributed by atoms with Gasteiger partial charge < -0.3 is 9.64 Å². The van der Waals surface area contributed by atoms with Gasteiger partial charge in [0.05, 0.1) is 6.61 Å². The summed E-state index contributed by atoms with van der Waals surface area (Å²) in [7, 11) is 0. The Labute approximate surface area is 193 Å². The Morgan fingerprint density at radius 3 is 2.12 bits per heavy atom. The average Bonchev–Trinajstić information content (AvgIpc) is 2.82. The van der Waals surface area contributed by atoms with Crippen molar-refractivity contribution in [3.63, 3.8) is 0 Å². The summed E-state index contributed by atoms with van der Waals surface area (Å²) in [6, 6.07) is 22.1. The molecule has 0 unspecified atom stereocenters. The summed E-state index contributed by atoms with van der Waals surface area (Å²) in [6.45, 7) is 4.48. The topological polar surface area (TPSA) is 49.9 Å². The SMILES string of the molecule is CCOc1ccc(N2C(=O)CN(c3ccc(C)cc3)C(=O)[C@@H]2c2ccc(SC)cc2)cc1. The lowest BCUT2D eigenvalue weighted by Gasteiger charge is -2.40. The molecule has 4 rings (SSSR count). The molecule has 0 aliphatic carbocycles. The minimum Gasteiger partial charge on any atom is -0.494 e. The molecule has 5 nitrogen and oxygen atoms in total. The standard InChI is InChI=1S/C26H26N2O3S/c1-4-31-22-13-11-21(12-14-22)28-24(29)17-27(20-9-5-18(2)6-10-20)26(30)25(28)19-7-15-23(32-3)16-8-19/h5-16,25H,4,17H2,1-3H3/t25-/m0/s1. The van der Waals surface area contributed by atoms with Gasteiger partial charge in [0.15, 0.2) is 0 Å². The van der Waals surface area contributed by atoms with Crippen molar-refractivity contribution in [3.05, 3.63) is 83.9 Å². The molecular weight excluding hydrogens is 420 g/mol. The number of benzene rings is 3. The first-order valence-corrected chi connectivity index (χ1v) is 11.8. The van der Waals surface area contributed by atoms with Gasteiger partial charge in [0, 0.05) is 16.3 Å². The molecule has 0 saturated carbocycles. The predicted molar refractivity (Wildman–Crippen MR) is 130 cm³/mol. The number of ether oxygens (including phenoxy) is 1. The molecule has 3 aromatic rings. The van der Waals surface area contributed by atoms with Crippen molar-refractivity contribution in [1.29, 1.82) is 0 Å². The predicted octanol–water partition coefficient (Wildman–Crippen LogP) is 5.24. The maximum atomic E-state index is 13.8. The number of hydrogen-bond acceptors (Lipinski definition) is 4. The van der Waals surface area contributed by atoms with E-state index in [9.17, 15) is 9.59 Å². The summed E-state index contributed by atoms with van der Waals surface area (Å²) in [4.78, 5) is 31.5. The third-order valence-electron chi connectivity index (χ3n) is 5.52. The number of anilines is 2. The molecule has 2 amide bonds. The van der Waals surface area contributed by atoms with Crippen LogP contribution in [0, 0.1) is 6.92 Å². The van der Waals surface area contributed by atoms with E-state index in [1.54, 1.807) is 21.6 Å². The second kappa shape index (κ2) is 9.49. The fraction of sp³-hybridized carbons (Fsp3) is 0.231. The Hall–Kier alpha value is -3.25. The number of rotatable bonds is 6. The summed E-state index contributed by atoms with van der Waals surface area (Å²) < 4.78 is 5.54. The van der Waals surface area contributed by atoms with Crippen molar-refractivity contribution >= 4 is 35.0 Å². The van der Waals surface area contributed by atoms with Crippen LogP contribution < -0.4 is 14.5 Å². The lowest BCUT2D eigenvalue weighted by atomic mass is 9.99. The van der Waals surface area contributed by atoms with E-state index in [1.807, 2.05) is 92.9 Å². The Balaban J connectivity index is 1.76. The van der Waals surface area contributed by atoms with Crippen molar-refractivity contribution in [2.45, 2.75) is 24.8 Å². The number of nitrogens with zero attached hydrogens (tertiary/aromatic N) is 2. The van der Waals surface area contributed by atoms with Crippen LogP contribution in [0.1, 0.15) is 24.1 Å². The van der Waals surface area contributed by atoms with Gasteiger partial charge in [0.25, 0.3) is 5.91 Å². The molecule has 1 aliphatic heterocycles. The highest BCUT2D eigenvalue weighted by molar-refractivity contribution is 7.98. The maximum Gasteiger partial charge on any atom is 0.255 e. The van der Waals surface area contributed by atoms with E-state index in [2.05, 4.69) is 0 Å². The van der Waals surface area contributed by atoms with Gasteiger partial charge in [0.2, 0.25) is 5.91 Å². The molecular formula is C26H26N2O3S. The summed E-state index contributed by atoms with van der Waals surface area (Å²) in [6.07, 6.45) is 2.01. The van der Waals surface area contributed by atoms with Crippen LogP contribution in [0.3, 0.4) is 0 Å². The number of aryl methyl sites for hydroxylation is 1. The first-order valence-electron chi connectivity index (χ1n) is 10.6. The minimum atomic E-state index is -0.744. The van der Waals surface area contributed by atoms with Crippen molar-refractivity contribution in [2.24, 2.45) is 0 Å². The average molecular weight is 447 g/mol. The molecule has 32 heavy (non-hydrogen) atoms. The van der Waals surface area contributed by atoms with E-state index in [4.69, 9.17) is 4.74 Å². The zero-order valence-corrected chi connectivity index (χ0v) is 19.3. The number of carbonyl (C=O) groups excluding carboxylic acids is 2. The molecule has 0 bridgehead atoms. The van der Waals surface area contributed by atoms with Gasteiger partial charge in [-0.2, -0.15) is 0 Å². The fourth-order valence-electron chi connectivity index (χ4n) is 3.88. The largest absolute Gasteiger partial charge is 0.494 e. The number of piperazine rings is 1. The summed E-state index contributed by atoms with van der Waals surface area (Å²) in [5, 5.41) is 0. The van der Waals surface area contributed by atoms with E-state index in [0.717, 1.165) is 27.5 Å². The third-order valence-corrected chi connectivity index (χ3v) is 6.27. The van der Waals surface area contributed by atoms with Gasteiger partial charge in [-0.05, 0) is 74.2 Å². The Kier molecular flexibility index (Phi) is 6.51. The summed E-state index contributed by atoms with van der Waals surface area (Å²) in [5.74, 6) is 0.474. The molecule has 1 saturated heterocycles. The van der Waals surface area contributed by atoms with Gasteiger partial charge >= 0.3 is 0 Å². The van der Waals surface area contributed by atoms with Gasteiger partial charge in [-0.3, -0.25) is 14.5 Å². The summed E-state index contributed by atoms with van der Waals surface area (Å²) in [5.41, 5.74) is 3.29. The van der Waals surface area contributed by atoms with Crippen LogP contribution in [0.5, 0.6) is 5.75 Å². The molecule has 0 spiro atoms. The molecule has 1 aliphatic rings. The molecule has 1 heterocycles. The molecule has 0 radical (unpaired) electrons.